The first-order valence-corrected chi connectivity index (χ1v) is 11.1. The summed E-state index contributed by atoms with van der Waals surface area (Å²) < 4.78 is 33.3. The molecule has 0 saturated carbocycles. The summed E-state index contributed by atoms with van der Waals surface area (Å²) in [5, 5.41) is 5.61. The van der Waals surface area contributed by atoms with Crippen molar-refractivity contribution in [2.45, 2.75) is 51.0 Å². The van der Waals surface area contributed by atoms with Crippen molar-refractivity contribution >= 4 is 27.5 Å². The van der Waals surface area contributed by atoms with E-state index in [1.54, 1.807) is 19.9 Å². The Morgan fingerprint density at radius 2 is 2.00 bits per heavy atom. The summed E-state index contributed by atoms with van der Waals surface area (Å²) in [4.78, 5) is 24.0. The van der Waals surface area contributed by atoms with Gasteiger partial charge in [0.15, 0.2) is 6.10 Å². The smallest absolute Gasteiger partial charge is 0.265 e. The topological polar surface area (TPSA) is 105 Å². The number of hydrogen-bond donors (Lipinski definition) is 2. The Balaban J connectivity index is 1.76. The molecule has 3 rings (SSSR count). The Morgan fingerprint density at radius 3 is 2.64 bits per heavy atom. The van der Waals surface area contributed by atoms with Crippen molar-refractivity contribution in [3.05, 3.63) is 17.7 Å². The number of hydrogen-bond acceptors (Lipinski definition) is 5. The predicted molar refractivity (Wildman–Crippen MR) is 105 cm³/mol. The van der Waals surface area contributed by atoms with Gasteiger partial charge in [-0.15, -0.1) is 0 Å². The Hall–Kier alpha value is -2.13. The molecular weight excluding hydrogens is 382 g/mol. The summed E-state index contributed by atoms with van der Waals surface area (Å²) in [6, 6.07) is 3.10. The van der Waals surface area contributed by atoms with Crippen LogP contribution in [0, 0.1) is 12.8 Å². The molecule has 1 aromatic rings. The molecule has 0 spiro atoms. The van der Waals surface area contributed by atoms with Crippen LogP contribution in [0.1, 0.15) is 38.7 Å². The summed E-state index contributed by atoms with van der Waals surface area (Å²) in [6.07, 6.45) is 1.20. The van der Waals surface area contributed by atoms with Crippen LogP contribution < -0.4 is 15.4 Å². The molecule has 2 aliphatic rings. The molecule has 2 N–H and O–H groups in total. The first-order chi connectivity index (χ1) is 13.2. The summed E-state index contributed by atoms with van der Waals surface area (Å²) in [5.41, 5.74) is 1.02. The van der Waals surface area contributed by atoms with Gasteiger partial charge in [0.1, 0.15) is 5.75 Å². The lowest BCUT2D eigenvalue weighted by Gasteiger charge is -2.31. The quantitative estimate of drug-likeness (QED) is 0.769. The molecule has 1 fully saturated rings. The molecule has 8 nitrogen and oxygen atoms in total. The van der Waals surface area contributed by atoms with Crippen molar-refractivity contribution in [2.75, 3.05) is 25.0 Å². The highest BCUT2D eigenvalue weighted by atomic mass is 32.2. The van der Waals surface area contributed by atoms with Gasteiger partial charge in [0.25, 0.3) is 5.91 Å². The van der Waals surface area contributed by atoms with Crippen LogP contribution in [0.2, 0.25) is 0 Å². The second-order valence-corrected chi connectivity index (χ2v) is 9.24. The number of benzene rings is 1. The van der Waals surface area contributed by atoms with E-state index in [1.165, 1.54) is 10.4 Å². The molecular formula is C19H27N3O5S. The average Bonchev–Trinajstić information content (AvgIpc) is 2.67. The summed E-state index contributed by atoms with van der Waals surface area (Å²) in [6.45, 7) is 6.55. The number of fused-ring (bicyclic) bond motifs is 1. The lowest BCUT2D eigenvalue weighted by molar-refractivity contribution is -0.126. The van der Waals surface area contributed by atoms with Crippen LogP contribution in [-0.4, -0.2) is 50.3 Å². The molecule has 2 amide bonds. The molecule has 0 bridgehead atoms. The molecule has 1 aromatic carbocycles. The first kappa shape index (κ1) is 20.6. The van der Waals surface area contributed by atoms with Crippen LogP contribution in [0.5, 0.6) is 5.75 Å². The van der Waals surface area contributed by atoms with Crippen LogP contribution in [0.4, 0.5) is 5.69 Å². The maximum absolute atomic E-state index is 13.2. The Labute approximate surface area is 165 Å². The van der Waals surface area contributed by atoms with Gasteiger partial charge in [-0.2, -0.15) is 4.31 Å². The van der Waals surface area contributed by atoms with Crippen molar-refractivity contribution in [1.82, 2.24) is 9.62 Å². The molecule has 28 heavy (non-hydrogen) atoms. The van der Waals surface area contributed by atoms with Crippen molar-refractivity contribution in [1.29, 1.82) is 0 Å². The highest BCUT2D eigenvalue weighted by Crippen LogP contribution is 2.36. The van der Waals surface area contributed by atoms with Gasteiger partial charge < -0.3 is 15.4 Å². The lowest BCUT2D eigenvalue weighted by Crippen LogP contribution is -2.43. The van der Waals surface area contributed by atoms with E-state index in [-0.39, 0.29) is 22.6 Å². The zero-order valence-electron chi connectivity index (χ0n) is 16.4. The number of amides is 2. The van der Waals surface area contributed by atoms with Crippen LogP contribution in [0.3, 0.4) is 0 Å². The van der Waals surface area contributed by atoms with E-state index in [0.29, 0.717) is 49.5 Å². The molecule has 0 radical (unpaired) electrons. The van der Waals surface area contributed by atoms with Crippen molar-refractivity contribution in [3.8, 4) is 5.75 Å². The number of sulfonamides is 1. The molecule has 2 heterocycles. The van der Waals surface area contributed by atoms with E-state index < -0.39 is 16.1 Å². The van der Waals surface area contributed by atoms with E-state index in [1.807, 2.05) is 6.92 Å². The normalized spacial score (nSPS) is 20.8. The first-order valence-electron chi connectivity index (χ1n) is 9.64. The van der Waals surface area contributed by atoms with Gasteiger partial charge in [-0.25, -0.2) is 8.42 Å². The SMILES string of the molecule is CCCNC(=O)C1CCN(S(=O)(=O)c2cc3c(cc2C)NC(=O)C(C)O3)CC1. The van der Waals surface area contributed by atoms with E-state index in [0.717, 1.165) is 6.42 Å². The lowest BCUT2D eigenvalue weighted by atomic mass is 9.97. The van der Waals surface area contributed by atoms with Gasteiger partial charge in [-0.3, -0.25) is 9.59 Å². The maximum Gasteiger partial charge on any atom is 0.265 e. The number of nitrogens with zero attached hydrogens (tertiary/aromatic N) is 1. The van der Waals surface area contributed by atoms with Gasteiger partial charge in [0.2, 0.25) is 15.9 Å². The standard InChI is InChI=1S/C19H27N3O5S/c1-4-7-20-19(24)14-5-8-22(9-6-14)28(25,26)17-11-16-15(10-12(17)2)21-18(23)13(3)27-16/h10-11,13-14H,4-9H2,1-3H3,(H,20,24)(H,21,23). The van der Waals surface area contributed by atoms with E-state index in [2.05, 4.69) is 10.6 Å². The van der Waals surface area contributed by atoms with Crippen LogP contribution in [0.25, 0.3) is 0 Å². The zero-order valence-corrected chi connectivity index (χ0v) is 17.3. The number of ether oxygens (including phenoxy) is 1. The third-order valence-electron chi connectivity index (χ3n) is 5.20. The second kappa shape index (κ2) is 8.08. The average molecular weight is 410 g/mol. The molecule has 1 unspecified atom stereocenters. The van der Waals surface area contributed by atoms with Crippen molar-refractivity contribution in [3.63, 3.8) is 0 Å². The van der Waals surface area contributed by atoms with Gasteiger partial charge in [0, 0.05) is 31.6 Å². The van der Waals surface area contributed by atoms with Gasteiger partial charge in [0.05, 0.1) is 10.6 Å². The van der Waals surface area contributed by atoms with E-state index in [9.17, 15) is 18.0 Å². The highest BCUT2D eigenvalue weighted by Gasteiger charge is 2.34. The fraction of sp³-hybridized carbons (Fsp3) is 0.579. The number of rotatable bonds is 5. The highest BCUT2D eigenvalue weighted by molar-refractivity contribution is 7.89. The predicted octanol–water partition coefficient (Wildman–Crippen LogP) is 1.64. The number of anilines is 1. The maximum atomic E-state index is 13.2. The molecule has 0 aliphatic carbocycles. The number of nitrogens with one attached hydrogen (secondary N) is 2. The minimum atomic E-state index is -3.71. The molecule has 9 heteroatoms. The third kappa shape index (κ3) is 4.00. The Bertz CT molecular complexity index is 876. The van der Waals surface area contributed by atoms with Crippen LogP contribution in [-0.2, 0) is 19.6 Å². The number of aryl methyl sites for hydroxylation is 1. The van der Waals surface area contributed by atoms with Gasteiger partial charge in [-0.1, -0.05) is 6.92 Å². The fourth-order valence-corrected chi connectivity index (χ4v) is 5.20. The molecule has 1 saturated heterocycles. The fourth-order valence-electron chi connectivity index (χ4n) is 3.51. The summed E-state index contributed by atoms with van der Waals surface area (Å²) in [5.74, 6) is -0.0555. The zero-order chi connectivity index (χ0) is 20.5. The van der Waals surface area contributed by atoms with Crippen molar-refractivity contribution < 1.29 is 22.7 Å². The van der Waals surface area contributed by atoms with Crippen LogP contribution in [0.15, 0.2) is 17.0 Å². The largest absolute Gasteiger partial charge is 0.479 e. The molecule has 1 atom stereocenters. The summed E-state index contributed by atoms with van der Waals surface area (Å²) in [7, 11) is -3.71. The molecule has 2 aliphatic heterocycles. The number of carbonyl (C=O) groups excluding carboxylic acids is 2. The second-order valence-electron chi connectivity index (χ2n) is 7.33. The number of carbonyl (C=O) groups is 2. The molecule has 0 aromatic heterocycles. The molecule has 154 valence electrons. The Morgan fingerprint density at radius 1 is 1.32 bits per heavy atom. The van der Waals surface area contributed by atoms with E-state index >= 15 is 0 Å². The van der Waals surface area contributed by atoms with Gasteiger partial charge >= 0.3 is 0 Å². The minimum absolute atomic E-state index is 0.00184. The van der Waals surface area contributed by atoms with Crippen LogP contribution >= 0.6 is 0 Å². The van der Waals surface area contributed by atoms with Crippen molar-refractivity contribution in [2.24, 2.45) is 5.92 Å². The minimum Gasteiger partial charge on any atom is -0.479 e. The van der Waals surface area contributed by atoms with E-state index in [4.69, 9.17) is 4.74 Å². The van der Waals surface area contributed by atoms with Gasteiger partial charge in [-0.05, 0) is 44.7 Å². The monoisotopic (exact) mass is 409 g/mol. The summed E-state index contributed by atoms with van der Waals surface area (Å²) >= 11 is 0. The Kier molecular flexibility index (Phi) is 5.95. The third-order valence-corrected chi connectivity index (χ3v) is 7.24. The number of piperidine rings is 1.